The van der Waals surface area contributed by atoms with Crippen molar-refractivity contribution >= 4 is 5.82 Å². The minimum atomic E-state index is 0.527. The van der Waals surface area contributed by atoms with Crippen molar-refractivity contribution in [3.63, 3.8) is 0 Å². The molecular weight excluding hydrogens is 238 g/mol. The lowest BCUT2D eigenvalue weighted by Gasteiger charge is -2.09. The smallest absolute Gasteiger partial charge is 0.180 e. The Morgan fingerprint density at radius 1 is 1.26 bits per heavy atom. The van der Waals surface area contributed by atoms with Gasteiger partial charge in [-0.2, -0.15) is 0 Å². The van der Waals surface area contributed by atoms with Crippen LogP contribution in [0.25, 0.3) is 11.5 Å². The van der Waals surface area contributed by atoms with Crippen molar-refractivity contribution in [3.8, 4) is 11.5 Å². The van der Waals surface area contributed by atoms with Gasteiger partial charge < -0.3 is 5.43 Å². The molecule has 2 aromatic heterocycles. The average molecular weight is 257 g/mol. The van der Waals surface area contributed by atoms with Crippen LogP contribution in [0.3, 0.4) is 0 Å². The van der Waals surface area contributed by atoms with Crippen molar-refractivity contribution < 1.29 is 0 Å². The SMILES string of the molecule is Cc1ccc(-c2nc(CC(C)C)cc(NN)n2)nc1. The Balaban J connectivity index is 2.41. The molecule has 0 atom stereocenters. The van der Waals surface area contributed by atoms with E-state index in [1.807, 2.05) is 31.3 Å². The van der Waals surface area contributed by atoms with Gasteiger partial charge in [0.05, 0.1) is 0 Å². The van der Waals surface area contributed by atoms with Gasteiger partial charge >= 0.3 is 0 Å². The third-order valence-electron chi connectivity index (χ3n) is 2.68. The summed E-state index contributed by atoms with van der Waals surface area (Å²) in [5.74, 6) is 7.20. The van der Waals surface area contributed by atoms with E-state index < -0.39 is 0 Å². The topological polar surface area (TPSA) is 76.7 Å². The van der Waals surface area contributed by atoms with Crippen molar-refractivity contribution in [1.29, 1.82) is 0 Å². The maximum atomic E-state index is 5.46. The van der Waals surface area contributed by atoms with Crippen molar-refractivity contribution in [2.45, 2.75) is 27.2 Å². The third-order valence-corrected chi connectivity index (χ3v) is 2.68. The fourth-order valence-electron chi connectivity index (χ4n) is 1.81. The number of hydrogen-bond acceptors (Lipinski definition) is 5. The largest absolute Gasteiger partial charge is 0.308 e. The zero-order valence-corrected chi connectivity index (χ0v) is 11.5. The summed E-state index contributed by atoms with van der Waals surface area (Å²) in [4.78, 5) is 13.3. The van der Waals surface area contributed by atoms with E-state index >= 15 is 0 Å². The number of hydrogen-bond donors (Lipinski definition) is 2. The van der Waals surface area contributed by atoms with Crippen LogP contribution in [0.2, 0.25) is 0 Å². The second-order valence-electron chi connectivity index (χ2n) is 5.03. The molecular formula is C14H19N5. The zero-order valence-electron chi connectivity index (χ0n) is 11.5. The quantitative estimate of drug-likeness (QED) is 0.649. The molecule has 0 aliphatic heterocycles. The molecule has 0 amide bonds. The van der Waals surface area contributed by atoms with E-state index in [2.05, 4.69) is 34.2 Å². The summed E-state index contributed by atoms with van der Waals surface area (Å²) >= 11 is 0. The van der Waals surface area contributed by atoms with Crippen LogP contribution < -0.4 is 11.3 Å². The van der Waals surface area contributed by atoms with Crippen molar-refractivity contribution in [2.75, 3.05) is 5.43 Å². The number of nitrogens with two attached hydrogens (primary N) is 1. The minimum Gasteiger partial charge on any atom is -0.308 e. The lowest BCUT2D eigenvalue weighted by molar-refractivity contribution is 0.634. The van der Waals surface area contributed by atoms with Crippen molar-refractivity contribution in [3.05, 3.63) is 35.7 Å². The first-order valence-corrected chi connectivity index (χ1v) is 6.36. The van der Waals surface area contributed by atoms with E-state index in [0.717, 1.165) is 23.4 Å². The summed E-state index contributed by atoms with van der Waals surface area (Å²) < 4.78 is 0. The Hall–Kier alpha value is -2.01. The van der Waals surface area contributed by atoms with Crippen molar-refractivity contribution in [1.82, 2.24) is 15.0 Å². The highest BCUT2D eigenvalue weighted by Gasteiger charge is 2.08. The molecule has 3 N–H and O–H groups in total. The second-order valence-corrected chi connectivity index (χ2v) is 5.03. The molecule has 2 heterocycles. The Labute approximate surface area is 113 Å². The lowest BCUT2D eigenvalue weighted by atomic mass is 10.1. The average Bonchev–Trinajstić information content (AvgIpc) is 2.38. The van der Waals surface area contributed by atoms with Crippen LogP contribution >= 0.6 is 0 Å². The van der Waals surface area contributed by atoms with E-state index in [1.165, 1.54) is 0 Å². The number of aryl methyl sites for hydroxylation is 1. The lowest BCUT2D eigenvalue weighted by Crippen LogP contribution is -2.11. The molecule has 19 heavy (non-hydrogen) atoms. The van der Waals surface area contributed by atoms with Crippen LogP contribution in [-0.2, 0) is 6.42 Å². The summed E-state index contributed by atoms with van der Waals surface area (Å²) in [7, 11) is 0. The molecule has 0 aliphatic carbocycles. The maximum Gasteiger partial charge on any atom is 0.180 e. The number of pyridine rings is 1. The van der Waals surface area contributed by atoms with E-state index in [4.69, 9.17) is 5.84 Å². The Morgan fingerprint density at radius 2 is 2.05 bits per heavy atom. The number of rotatable bonds is 4. The van der Waals surface area contributed by atoms with Crippen LogP contribution in [0.1, 0.15) is 25.1 Å². The summed E-state index contributed by atoms with van der Waals surface area (Å²) in [5, 5.41) is 0. The van der Waals surface area contributed by atoms with Gasteiger partial charge in [-0.3, -0.25) is 4.98 Å². The number of nitrogens with zero attached hydrogens (tertiary/aromatic N) is 3. The summed E-state index contributed by atoms with van der Waals surface area (Å²) in [6.07, 6.45) is 2.69. The van der Waals surface area contributed by atoms with Gasteiger partial charge in [-0.25, -0.2) is 15.8 Å². The van der Waals surface area contributed by atoms with Gasteiger partial charge in [-0.15, -0.1) is 0 Å². The van der Waals surface area contributed by atoms with Gasteiger partial charge in [0.2, 0.25) is 0 Å². The molecule has 0 saturated heterocycles. The molecule has 0 unspecified atom stereocenters. The van der Waals surface area contributed by atoms with Crippen LogP contribution in [-0.4, -0.2) is 15.0 Å². The molecule has 2 aromatic rings. The third kappa shape index (κ3) is 3.48. The van der Waals surface area contributed by atoms with Crippen LogP contribution in [0, 0.1) is 12.8 Å². The molecule has 0 radical (unpaired) electrons. The standard InChI is InChI=1S/C14H19N5/c1-9(2)6-11-7-13(19-15)18-14(17-11)12-5-4-10(3)8-16-12/h4-5,7-9H,6,15H2,1-3H3,(H,17,18,19). The Bertz CT molecular complexity index is 548. The molecule has 0 aliphatic rings. The Morgan fingerprint density at radius 3 is 2.63 bits per heavy atom. The minimum absolute atomic E-state index is 0.527. The fraction of sp³-hybridized carbons (Fsp3) is 0.357. The molecule has 0 bridgehead atoms. The van der Waals surface area contributed by atoms with Crippen LogP contribution in [0.4, 0.5) is 5.82 Å². The van der Waals surface area contributed by atoms with Gasteiger partial charge in [-0.05, 0) is 30.9 Å². The predicted molar refractivity (Wildman–Crippen MR) is 76.4 cm³/mol. The predicted octanol–water partition coefficient (Wildman–Crippen LogP) is 2.33. The number of anilines is 1. The van der Waals surface area contributed by atoms with E-state index in [1.54, 1.807) is 0 Å². The van der Waals surface area contributed by atoms with Gasteiger partial charge in [0.15, 0.2) is 5.82 Å². The molecule has 0 spiro atoms. The maximum absolute atomic E-state index is 5.46. The normalized spacial score (nSPS) is 10.8. The van der Waals surface area contributed by atoms with Crippen LogP contribution in [0.5, 0.6) is 0 Å². The molecule has 0 aromatic carbocycles. The summed E-state index contributed by atoms with van der Waals surface area (Å²) in [5.41, 5.74) is 5.42. The van der Waals surface area contributed by atoms with E-state index in [-0.39, 0.29) is 0 Å². The number of hydrazine groups is 1. The zero-order chi connectivity index (χ0) is 13.8. The van der Waals surface area contributed by atoms with Gasteiger partial charge in [0.25, 0.3) is 0 Å². The first kappa shape index (κ1) is 13.4. The highest BCUT2D eigenvalue weighted by atomic mass is 15.3. The molecule has 100 valence electrons. The highest BCUT2D eigenvalue weighted by Crippen LogP contribution is 2.17. The number of nitrogen functional groups attached to an aromatic ring is 1. The second kappa shape index (κ2) is 5.75. The van der Waals surface area contributed by atoms with Gasteiger partial charge in [-0.1, -0.05) is 19.9 Å². The van der Waals surface area contributed by atoms with E-state index in [0.29, 0.717) is 17.6 Å². The van der Waals surface area contributed by atoms with Gasteiger partial charge in [0.1, 0.15) is 11.5 Å². The molecule has 5 heteroatoms. The van der Waals surface area contributed by atoms with Gasteiger partial charge in [0, 0.05) is 18.0 Å². The van der Waals surface area contributed by atoms with Crippen LogP contribution in [0.15, 0.2) is 24.4 Å². The number of nitrogens with one attached hydrogen (secondary N) is 1. The molecule has 5 nitrogen and oxygen atoms in total. The monoisotopic (exact) mass is 257 g/mol. The fourth-order valence-corrected chi connectivity index (χ4v) is 1.81. The Kier molecular flexibility index (Phi) is 4.06. The number of aromatic nitrogens is 3. The summed E-state index contributed by atoms with van der Waals surface area (Å²) in [6, 6.07) is 5.79. The van der Waals surface area contributed by atoms with Crippen molar-refractivity contribution in [2.24, 2.45) is 11.8 Å². The summed E-state index contributed by atoms with van der Waals surface area (Å²) in [6.45, 7) is 6.31. The molecule has 0 fully saturated rings. The first-order chi connectivity index (χ1) is 9.08. The van der Waals surface area contributed by atoms with E-state index in [9.17, 15) is 0 Å². The molecule has 2 rings (SSSR count). The highest BCUT2D eigenvalue weighted by molar-refractivity contribution is 5.53. The first-order valence-electron chi connectivity index (χ1n) is 6.36. The molecule has 0 saturated carbocycles.